The molecular weight excluding hydrogens is 136 g/mol. The number of nitrogens with zero attached hydrogens (tertiary/aromatic N) is 2. The lowest BCUT2D eigenvalue weighted by atomic mass is 10.1. The number of nitriles is 1. The minimum atomic E-state index is -0.272. The maximum absolute atomic E-state index is 8.65. The van der Waals surface area contributed by atoms with E-state index in [-0.39, 0.29) is 6.04 Å². The summed E-state index contributed by atoms with van der Waals surface area (Å²) >= 11 is 0. The topological polar surface area (TPSA) is 36.1 Å². The molecule has 1 aromatic rings. The molecule has 11 heavy (non-hydrogen) atoms. The highest BCUT2D eigenvalue weighted by Gasteiger charge is 2.15. The van der Waals surface area contributed by atoms with Crippen LogP contribution in [0.3, 0.4) is 0 Å². The molecule has 1 atom stereocenters. The fourth-order valence-corrected chi connectivity index (χ4v) is 1.22. The van der Waals surface area contributed by atoms with Gasteiger partial charge in [-0.1, -0.05) is 24.3 Å². The molecule has 0 fully saturated rings. The lowest BCUT2D eigenvalue weighted by Crippen LogP contribution is -1.87. The molecule has 0 saturated carbocycles. The predicted octanol–water partition coefficient (Wildman–Crippen LogP) is 1.68. The van der Waals surface area contributed by atoms with Gasteiger partial charge in [-0.05, 0) is 11.1 Å². The van der Waals surface area contributed by atoms with Crippen molar-refractivity contribution in [1.82, 2.24) is 0 Å². The van der Waals surface area contributed by atoms with Gasteiger partial charge in [0.15, 0.2) is 6.04 Å². The minimum absolute atomic E-state index is 0.272. The lowest BCUT2D eigenvalue weighted by Gasteiger charge is -1.97. The SMILES string of the molecule is N#CC1N=Cc2ccccc21. The van der Waals surface area contributed by atoms with Crippen molar-refractivity contribution in [2.24, 2.45) is 4.99 Å². The van der Waals surface area contributed by atoms with E-state index in [2.05, 4.69) is 11.1 Å². The fraction of sp³-hybridized carbons (Fsp3) is 0.111. The van der Waals surface area contributed by atoms with Gasteiger partial charge in [0.05, 0.1) is 6.07 Å². The Morgan fingerprint density at radius 2 is 2.18 bits per heavy atom. The van der Waals surface area contributed by atoms with Crippen molar-refractivity contribution in [3.05, 3.63) is 35.4 Å². The van der Waals surface area contributed by atoms with E-state index in [1.54, 1.807) is 6.21 Å². The first-order chi connectivity index (χ1) is 5.42. The molecule has 0 amide bonds. The van der Waals surface area contributed by atoms with E-state index >= 15 is 0 Å². The molecule has 1 unspecified atom stereocenters. The second kappa shape index (κ2) is 2.21. The maximum atomic E-state index is 8.65. The average Bonchev–Trinajstić information content (AvgIpc) is 2.47. The highest BCUT2D eigenvalue weighted by molar-refractivity contribution is 5.85. The Bertz CT molecular complexity index is 347. The number of aliphatic imine (C=N–C) groups is 1. The summed E-state index contributed by atoms with van der Waals surface area (Å²) in [5, 5.41) is 8.65. The maximum Gasteiger partial charge on any atom is 0.162 e. The van der Waals surface area contributed by atoms with Crippen LogP contribution in [0, 0.1) is 11.3 Å². The van der Waals surface area contributed by atoms with Gasteiger partial charge in [0.25, 0.3) is 0 Å². The molecule has 0 bridgehead atoms. The third-order valence-electron chi connectivity index (χ3n) is 1.78. The van der Waals surface area contributed by atoms with E-state index in [0.29, 0.717) is 0 Å². The zero-order valence-electron chi connectivity index (χ0n) is 5.86. The van der Waals surface area contributed by atoms with Gasteiger partial charge in [-0.2, -0.15) is 5.26 Å². The van der Waals surface area contributed by atoms with E-state index in [1.165, 1.54) is 0 Å². The minimum Gasteiger partial charge on any atom is -0.269 e. The molecule has 1 aliphatic rings. The second-order valence-electron chi connectivity index (χ2n) is 2.44. The summed E-state index contributed by atoms with van der Waals surface area (Å²) in [4.78, 5) is 4.04. The monoisotopic (exact) mass is 142 g/mol. The third-order valence-corrected chi connectivity index (χ3v) is 1.78. The first-order valence-electron chi connectivity index (χ1n) is 3.43. The van der Waals surface area contributed by atoms with Crippen LogP contribution in [-0.2, 0) is 0 Å². The van der Waals surface area contributed by atoms with Gasteiger partial charge >= 0.3 is 0 Å². The van der Waals surface area contributed by atoms with Gasteiger partial charge in [0, 0.05) is 6.21 Å². The van der Waals surface area contributed by atoms with Crippen LogP contribution in [0.1, 0.15) is 17.2 Å². The van der Waals surface area contributed by atoms with E-state index in [4.69, 9.17) is 5.26 Å². The van der Waals surface area contributed by atoms with E-state index in [1.807, 2.05) is 24.3 Å². The summed E-state index contributed by atoms with van der Waals surface area (Å²) in [6.07, 6.45) is 1.75. The first kappa shape index (κ1) is 6.11. The molecule has 0 spiro atoms. The standard InChI is InChI=1S/C9H6N2/c10-5-9-8-4-2-1-3-7(8)6-11-9/h1-4,6,9H. The molecule has 0 aliphatic carbocycles. The Hall–Kier alpha value is -1.62. The molecule has 0 N–H and O–H groups in total. The Morgan fingerprint density at radius 3 is 3.00 bits per heavy atom. The van der Waals surface area contributed by atoms with Gasteiger partial charge < -0.3 is 0 Å². The highest BCUT2D eigenvalue weighted by Crippen LogP contribution is 2.24. The molecule has 2 heteroatoms. The molecule has 0 radical (unpaired) electrons. The van der Waals surface area contributed by atoms with Crippen molar-refractivity contribution < 1.29 is 0 Å². The largest absolute Gasteiger partial charge is 0.269 e. The predicted molar refractivity (Wildman–Crippen MR) is 42.4 cm³/mol. The lowest BCUT2D eigenvalue weighted by molar-refractivity contribution is 0.957. The van der Waals surface area contributed by atoms with Crippen molar-refractivity contribution in [2.45, 2.75) is 6.04 Å². The smallest absolute Gasteiger partial charge is 0.162 e. The van der Waals surface area contributed by atoms with Crippen molar-refractivity contribution >= 4 is 6.21 Å². The van der Waals surface area contributed by atoms with Crippen LogP contribution < -0.4 is 0 Å². The molecule has 2 rings (SSSR count). The summed E-state index contributed by atoms with van der Waals surface area (Å²) in [7, 11) is 0. The fourth-order valence-electron chi connectivity index (χ4n) is 1.22. The van der Waals surface area contributed by atoms with Gasteiger partial charge in [-0.25, -0.2) is 0 Å². The van der Waals surface area contributed by atoms with Crippen LogP contribution in [-0.4, -0.2) is 6.21 Å². The molecule has 2 nitrogen and oxygen atoms in total. The zero-order valence-corrected chi connectivity index (χ0v) is 5.86. The highest BCUT2D eigenvalue weighted by atomic mass is 14.8. The van der Waals surface area contributed by atoms with Crippen LogP contribution in [0.25, 0.3) is 0 Å². The quantitative estimate of drug-likeness (QED) is 0.543. The number of benzene rings is 1. The summed E-state index contributed by atoms with van der Waals surface area (Å²) in [5.41, 5.74) is 2.09. The van der Waals surface area contributed by atoms with Crippen LogP contribution in [0.15, 0.2) is 29.3 Å². The van der Waals surface area contributed by atoms with E-state index < -0.39 is 0 Å². The van der Waals surface area contributed by atoms with Crippen LogP contribution in [0.4, 0.5) is 0 Å². The van der Waals surface area contributed by atoms with Crippen molar-refractivity contribution in [3.8, 4) is 6.07 Å². The molecule has 1 heterocycles. The Balaban J connectivity index is 2.56. The van der Waals surface area contributed by atoms with Crippen molar-refractivity contribution in [2.75, 3.05) is 0 Å². The Kier molecular flexibility index (Phi) is 1.23. The second-order valence-corrected chi connectivity index (χ2v) is 2.44. The van der Waals surface area contributed by atoms with Crippen molar-refractivity contribution in [3.63, 3.8) is 0 Å². The first-order valence-corrected chi connectivity index (χ1v) is 3.43. The summed E-state index contributed by atoms with van der Waals surface area (Å²) in [5.74, 6) is 0. The van der Waals surface area contributed by atoms with E-state index in [9.17, 15) is 0 Å². The average molecular weight is 142 g/mol. The molecule has 1 aliphatic heterocycles. The van der Waals surface area contributed by atoms with Crippen molar-refractivity contribution in [1.29, 1.82) is 5.26 Å². The van der Waals surface area contributed by atoms with Crippen LogP contribution in [0.2, 0.25) is 0 Å². The number of rotatable bonds is 0. The number of hydrogen-bond donors (Lipinski definition) is 0. The molecule has 0 saturated heterocycles. The zero-order chi connectivity index (χ0) is 7.68. The molecular formula is C9H6N2. The van der Waals surface area contributed by atoms with Crippen LogP contribution in [0.5, 0.6) is 0 Å². The summed E-state index contributed by atoms with van der Waals surface area (Å²) in [6, 6.07) is 9.64. The number of hydrogen-bond acceptors (Lipinski definition) is 2. The molecule has 1 aromatic carbocycles. The number of fused-ring (bicyclic) bond motifs is 1. The molecule has 52 valence electrons. The van der Waals surface area contributed by atoms with Gasteiger partial charge in [-0.15, -0.1) is 0 Å². The molecule has 0 aromatic heterocycles. The summed E-state index contributed by atoms with van der Waals surface area (Å²) < 4.78 is 0. The van der Waals surface area contributed by atoms with Crippen LogP contribution >= 0.6 is 0 Å². The van der Waals surface area contributed by atoms with E-state index in [0.717, 1.165) is 11.1 Å². The Labute approximate surface area is 64.8 Å². The van der Waals surface area contributed by atoms with Gasteiger partial charge in [0.2, 0.25) is 0 Å². The third kappa shape index (κ3) is 0.821. The summed E-state index contributed by atoms with van der Waals surface area (Å²) in [6.45, 7) is 0. The normalized spacial score (nSPS) is 19.4. The Morgan fingerprint density at radius 1 is 1.36 bits per heavy atom. The van der Waals surface area contributed by atoms with Gasteiger partial charge in [-0.3, -0.25) is 4.99 Å². The van der Waals surface area contributed by atoms with Gasteiger partial charge in [0.1, 0.15) is 0 Å².